The zero-order valence-electron chi connectivity index (χ0n) is 10.3. The van der Waals surface area contributed by atoms with Crippen LogP contribution < -0.4 is 4.74 Å². The van der Waals surface area contributed by atoms with Crippen LogP contribution in [0, 0.1) is 0 Å². The van der Waals surface area contributed by atoms with E-state index in [1.165, 1.54) is 11.1 Å². The van der Waals surface area contributed by atoms with E-state index < -0.39 is 0 Å². The lowest BCUT2D eigenvalue weighted by molar-refractivity contribution is 0.0553. The summed E-state index contributed by atoms with van der Waals surface area (Å²) >= 11 is 7.39. The minimum absolute atomic E-state index is 0.215. The lowest BCUT2D eigenvalue weighted by Crippen LogP contribution is -2.15. The quantitative estimate of drug-likeness (QED) is 0.713. The van der Waals surface area contributed by atoms with E-state index in [0.29, 0.717) is 6.10 Å². The Morgan fingerprint density at radius 1 is 1.33 bits per heavy atom. The molecule has 3 unspecified atom stereocenters. The number of rotatable bonds is 2. The normalized spacial score (nSPS) is 27.9. The van der Waals surface area contributed by atoms with E-state index in [9.17, 15) is 0 Å². The second kappa shape index (κ2) is 5.14. The summed E-state index contributed by atoms with van der Waals surface area (Å²) in [5.41, 5.74) is 2.52. The van der Waals surface area contributed by atoms with Crippen molar-refractivity contribution < 1.29 is 9.47 Å². The van der Waals surface area contributed by atoms with Gasteiger partial charge in [-0.25, -0.2) is 0 Å². The van der Waals surface area contributed by atoms with E-state index >= 15 is 0 Å². The van der Waals surface area contributed by atoms with Crippen LogP contribution in [0.1, 0.15) is 35.7 Å². The Bertz CT molecular complexity index is 461. The Kier molecular flexibility index (Phi) is 3.70. The topological polar surface area (TPSA) is 18.5 Å². The third-order valence-electron chi connectivity index (χ3n) is 3.67. The molecule has 0 aliphatic carbocycles. The number of alkyl halides is 1. The molecule has 0 amide bonds. The van der Waals surface area contributed by atoms with Crippen molar-refractivity contribution in [2.45, 2.75) is 43.2 Å². The van der Waals surface area contributed by atoms with Gasteiger partial charge in [-0.2, -0.15) is 0 Å². The van der Waals surface area contributed by atoms with E-state index in [2.05, 4.69) is 50.9 Å². The molecule has 18 heavy (non-hydrogen) atoms. The molecular weight excluding hydrogens is 360 g/mol. The fourth-order valence-electron chi connectivity index (χ4n) is 2.75. The summed E-state index contributed by atoms with van der Waals surface area (Å²) in [4.78, 5) is 0.215. The van der Waals surface area contributed by atoms with Gasteiger partial charge < -0.3 is 9.47 Å². The van der Waals surface area contributed by atoms with Crippen LogP contribution in [0.25, 0.3) is 0 Å². The second-order valence-corrected chi connectivity index (χ2v) is 6.95. The van der Waals surface area contributed by atoms with Crippen molar-refractivity contribution in [1.82, 2.24) is 0 Å². The highest BCUT2D eigenvalue weighted by molar-refractivity contribution is 9.10. The van der Waals surface area contributed by atoms with E-state index in [1.54, 1.807) is 0 Å². The van der Waals surface area contributed by atoms with E-state index in [-0.39, 0.29) is 10.9 Å². The Morgan fingerprint density at radius 3 is 2.89 bits per heavy atom. The van der Waals surface area contributed by atoms with Crippen molar-refractivity contribution in [2.24, 2.45) is 0 Å². The van der Waals surface area contributed by atoms with Gasteiger partial charge in [-0.3, -0.25) is 0 Å². The number of fused-ring (bicyclic) bond motifs is 1. The summed E-state index contributed by atoms with van der Waals surface area (Å²) in [6.45, 7) is 2.93. The number of ether oxygens (including phenoxy) is 2. The molecule has 0 radical (unpaired) electrons. The van der Waals surface area contributed by atoms with Crippen LogP contribution in [0.15, 0.2) is 16.6 Å². The van der Waals surface area contributed by atoms with E-state index in [0.717, 1.165) is 36.1 Å². The Hall–Kier alpha value is -0.0600. The van der Waals surface area contributed by atoms with Gasteiger partial charge in [0, 0.05) is 16.5 Å². The molecule has 3 atom stereocenters. The minimum Gasteiger partial charge on any atom is -0.493 e. The molecule has 98 valence electrons. The lowest BCUT2D eigenvalue weighted by Gasteiger charge is -2.20. The largest absolute Gasteiger partial charge is 0.493 e. The number of halogens is 2. The van der Waals surface area contributed by atoms with Crippen LogP contribution >= 0.6 is 31.9 Å². The van der Waals surface area contributed by atoms with Crippen LogP contribution in [-0.4, -0.2) is 18.8 Å². The molecule has 2 aliphatic heterocycles. The monoisotopic (exact) mass is 374 g/mol. The first-order valence-electron chi connectivity index (χ1n) is 6.40. The molecule has 0 N–H and O–H groups in total. The highest BCUT2D eigenvalue weighted by Crippen LogP contribution is 2.44. The van der Waals surface area contributed by atoms with E-state index in [4.69, 9.17) is 9.47 Å². The summed E-state index contributed by atoms with van der Waals surface area (Å²) < 4.78 is 12.9. The molecule has 0 spiro atoms. The van der Waals surface area contributed by atoms with Crippen LogP contribution in [0.4, 0.5) is 0 Å². The SMILES string of the molecule is CC1CCC(C(Br)c2cc(Br)cc3c2OCC3)O1. The first kappa shape index (κ1) is 12.9. The molecule has 2 heterocycles. The maximum Gasteiger partial charge on any atom is 0.127 e. The van der Waals surface area contributed by atoms with Crippen molar-refractivity contribution in [1.29, 1.82) is 0 Å². The van der Waals surface area contributed by atoms with Crippen molar-refractivity contribution >= 4 is 31.9 Å². The van der Waals surface area contributed by atoms with E-state index in [1.807, 2.05) is 0 Å². The summed E-state index contributed by atoms with van der Waals surface area (Å²) in [5, 5.41) is 0. The van der Waals surface area contributed by atoms with Gasteiger partial charge >= 0.3 is 0 Å². The zero-order chi connectivity index (χ0) is 12.7. The van der Waals surface area contributed by atoms with Crippen molar-refractivity contribution in [3.8, 4) is 5.75 Å². The maximum absolute atomic E-state index is 5.96. The predicted octanol–water partition coefficient (Wildman–Crippen LogP) is 4.39. The number of hydrogen-bond acceptors (Lipinski definition) is 2. The molecule has 3 rings (SSSR count). The second-order valence-electron chi connectivity index (χ2n) is 5.05. The standard InChI is InChI=1S/C14H16Br2O2/c1-8-2-3-12(18-8)13(16)11-7-10(15)6-9-4-5-17-14(9)11/h6-8,12-13H,2-5H2,1H3. The van der Waals surface area contributed by atoms with Crippen molar-refractivity contribution in [2.75, 3.05) is 6.61 Å². The molecule has 1 aromatic rings. The summed E-state index contributed by atoms with van der Waals surface area (Å²) in [7, 11) is 0. The zero-order valence-corrected chi connectivity index (χ0v) is 13.5. The Balaban J connectivity index is 1.92. The van der Waals surface area contributed by atoms with Crippen LogP contribution in [0.5, 0.6) is 5.75 Å². The molecule has 0 aromatic heterocycles. The molecule has 2 aliphatic rings. The summed E-state index contributed by atoms with van der Waals surface area (Å²) in [5.74, 6) is 1.06. The van der Waals surface area contributed by atoms with Gasteiger partial charge in [0.05, 0.1) is 23.6 Å². The Morgan fingerprint density at radius 2 is 2.17 bits per heavy atom. The third kappa shape index (κ3) is 2.35. The van der Waals surface area contributed by atoms with Crippen molar-refractivity contribution in [3.63, 3.8) is 0 Å². The van der Waals surface area contributed by atoms with Gasteiger partial charge in [0.15, 0.2) is 0 Å². The molecule has 1 aromatic carbocycles. The van der Waals surface area contributed by atoms with Gasteiger partial charge in [-0.05, 0) is 37.5 Å². The van der Waals surface area contributed by atoms with Gasteiger partial charge in [0.25, 0.3) is 0 Å². The highest BCUT2D eigenvalue weighted by Gasteiger charge is 2.32. The molecule has 4 heteroatoms. The smallest absolute Gasteiger partial charge is 0.127 e. The fraction of sp³-hybridized carbons (Fsp3) is 0.571. The third-order valence-corrected chi connectivity index (χ3v) is 5.21. The first-order chi connectivity index (χ1) is 8.65. The molecule has 2 nitrogen and oxygen atoms in total. The average molecular weight is 376 g/mol. The molecule has 0 saturated carbocycles. The number of hydrogen-bond donors (Lipinski definition) is 0. The molecular formula is C14H16Br2O2. The van der Waals surface area contributed by atoms with Gasteiger partial charge in [-0.1, -0.05) is 31.9 Å². The molecule has 0 bridgehead atoms. The lowest BCUT2D eigenvalue weighted by atomic mass is 10.0. The van der Waals surface area contributed by atoms with Crippen molar-refractivity contribution in [3.05, 3.63) is 27.7 Å². The van der Waals surface area contributed by atoms with Gasteiger partial charge in [0.1, 0.15) is 5.75 Å². The van der Waals surface area contributed by atoms with Crippen LogP contribution in [0.2, 0.25) is 0 Å². The maximum atomic E-state index is 5.96. The van der Waals surface area contributed by atoms with Gasteiger partial charge in [0.2, 0.25) is 0 Å². The molecule has 1 saturated heterocycles. The minimum atomic E-state index is 0.215. The summed E-state index contributed by atoms with van der Waals surface area (Å²) in [6.07, 6.45) is 3.88. The predicted molar refractivity (Wildman–Crippen MR) is 78.6 cm³/mol. The molecule has 1 fully saturated rings. The average Bonchev–Trinajstić information content (AvgIpc) is 2.95. The fourth-order valence-corrected chi connectivity index (χ4v) is 4.00. The Labute approximate surface area is 124 Å². The van der Waals surface area contributed by atoms with Crippen LogP contribution in [-0.2, 0) is 11.2 Å². The van der Waals surface area contributed by atoms with Crippen LogP contribution in [0.3, 0.4) is 0 Å². The first-order valence-corrected chi connectivity index (χ1v) is 8.10. The van der Waals surface area contributed by atoms with Gasteiger partial charge in [-0.15, -0.1) is 0 Å². The summed E-state index contributed by atoms with van der Waals surface area (Å²) in [6, 6.07) is 4.31. The number of benzene rings is 1. The highest BCUT2D eigenvalue weighted by atomic mass is 79.9.